The monoisotopic (exact) mass is 233 g/mol. The minimum atomic E-state index is -0.431. The lowest BCUT2D eigenvalue weighted by atomic mass is 10.1. The highest BCUT2D eigenvalue weighted by Crippen LogP contribution is 2.26. The Morgan fingerprint density at radius 3 is 2.60 bits per heavy atom. The van der Waals surface area contributed by atoms with E-state index in [1.54, 1.807) is 4.90 Å². The summed E-state index contributed by atoms with van der Waals surface area (Å²) in [7, 11) is 0. The number of halogens is 1. The lowest BCUT2D eigenvalue weighted by Gasteiger charge is -2.28. The van der Waals surface area contributed by atoms with Crippen molar-refractivity contribution in [3.05, 3.63) is 0 Å². The first-order chi connectivity index (χ1) is 6.85. The lowest BCUT2D eigenvalue weighted by molar-refractivity contribution is 0.0228. The van der Waals surface area contributed by atoms with E-state index >= 15 is 0 Å². The Morgan fingerprint density at radius 1 is 1.53 bits per heavy atom. The average molecular weight is 234 g/mol. The molecule has 1 amide bonds. The first-order valence-electron chi connectivity index (χ1n) is 5.40. The summed E-state index contributed by atoms with van der Waals surface area (Å²) in [6, 6.07) is 0.126. The summed E-state index contributed by atoms with van der Waals surface area (Å²) < 4.78 is 5.33. The van der Waals surface area contributed by atoms with E-state index in [2.05, 4.69) is 6.92 Å². The van der Waals surface area contributed by atoms with Crippen LogP contribution in [0.5, 0.6) is 0 Å². The zero-order valence-electron chi connectivity index (χ0n) is 9.92. The smallest absolute Gasteiger partial charge is 0.410 e. The maximum absolute atomic E-state index is 11.8. The molecule has 3 nitrogen and oxygen atoms in total. The number of nitrogens with zero attached hydrogens (tertiary/aromatic N) is 1. The number of ether oxygens (including phenoxy) is 1. The number of likely N-dealkylation sites (tertiary alicyclic amines) is 1. The summed E-state index contributed by atoms with van der Waals surface area (Å²) in [6.45, 7) is 8.51. The molecule has 2 unspecified atom stereocenters. The SMILES string of the molecule is CC1CCN(C(=O)OC(C)(C)C)C1CCl. The van der Waals surface area contributed by atoms with Gasteiger partial charge in [-0.3, -0.25) is 0 Å². The zero-order valence-corrected chi connectivity index (χ0v) is 10.7. The molecule has 0 bridgehead atoms. The molecule has 15 heavy (non-hydrogen) atoms. The molecule has 1 rings (SSSR count). The molecule has 1 aliphatic heterocycles. The molecule has 0 aromatic carbocycles. The highest BCUT2D eigenvalue weighted by Gasteiger charge is 2.35. The van der Waals surface area contributed by atoms with E-state index in [4.69, 9.17) is 16.3 Å². The Balaban J connectivity index is 2.60. The van der Waals surface area contributed by atoms with Crippen molar-refractivity contribution in [2.75, 3.05) is 12.4 Å². The molecule has 1 heterocycles. The van der Waals surface area contributed by atoms with E-state index in [0.717, 1.165) is 13.0 Å². The van der Waals surface area contributed by atoms with Crippen LogP contribution in [0.4, 0.5) is 4.79 Å². The molecular weight excluding hydrogens is 214 g/mol. The molecule has 0 saturated carbocycles. The molecule has 1 saturated heterocycles. The molecule has 4 heteroatoms. The third-order valence-electron chi connectivity index (χ3n) is 2.67. The van der Waals surface area contributed by atoms with Gasteiger partial charge in [-0.15, -0.1) is 11.6 Å². The number of hydrogen-bond donors (Lipinski definition) is 0. The summed E-state index contributed by atoms with van der Waals surface area (Å²) in [4.78, 5) is 13.6. The normalized spacial score (nSPS) is 26.9. The summed E-state index contributed by atoms with van der Waals surface area (Å²) in [6.07, 6.45) is 0.772. The van der Waals surface area contributed by atoms with Crippen LogP contribution in [0.3, 0.4) is 0 Å². The summed E-state index contributed by atoms with van der Waals surface area (Å²) in [5.41, 5.74) is -0.431. The number of carbonyl (C=O) groups excluding carboxylic acids is 1. The van der Waals surface area contributed by atoms with Crippen LogP contribution in [0.1, 0.15) is 34.1 Å². The molecule has 0 spiro atoms. The predicted octanol–water partition coefficient (Wildman–Crippen LogP) is 2.87. The second-order valence-electron chi connectivity index (χ2n) is 5.16. The number of carbonyl (C=O) groups is 1. The van der Waals surface area contributed by atoms with Crippen molar-refractivity contribution in [2.45, 2.75) is 45.8 Å². The van der Waals surface area contributed by atoms with Crippen molar-refractivity contribution in [3.8, 4) is 0 Å². The number of amides is 1. The van der Waals surface area contributed by atoms with Gasteiger partial charge in [0.05, 0.1) is 6.04 Å². The third-order valence-corrected chi connectivity index (χ3v) is 2.98. The molecule has 0 aromatic rings. The van der Waals surface area contributed by atoms with E-state index < -0.39 is 5.60 Å². The first-order valence-corrected chi connectivity index (χ1v) is 5.94. The van der Waals surface area contributed by atoms with Gasteiger partial charge < -0.3 is 9.64 Å². The Morgan fingerprint density at radius 2 is 2.13 bits per heavy atom. The number of alkyl halides is 1. The second-order valence-corrected chi connectivity index (χ2v) is 5.47. The number of hydrogen-bond acceptors (Lipinski definition) is 2. The van der Waals surface area contributed by atoms with Crippen molar-refractivity contribution in [3.63, 3.8) is 0 Å². The summed E-state index contributed by atoms with van der Waals surface area (Å²) >= 11 is 5.86. The van der Waals surface area contributed by atoms with Gasteiger partial charge in [0.15, 0.2) is 0 Å². The first kappa shape index (κ1) is 12.6. The van der Waals surface area contributed by atoms with Crippen LogP contribution in [0.15, 0.2) is 0 Å². The topological polar surface area (TPSA) is 29.5 Å². The molecule has 1 aliphatic rings. The Labute approximate surface area is 96.7 Å². The quantitative estimate of drug-likeness (QED) is 0.652. The molecule has 0 N–H and O–H groups in total. The third kappa shape index (κ3) is 3.26. The maximum Gasteiger partial charge on any atom is 0.410 e. The maximum atomic E-state index is 11.8. The fraction of sp³-hybridized carbons (Fsp3) is 0.909. The van der Waals surface area contributed by atoms with Crippen LogP contribution in [0, 0.1) is 5.92 Å². The van der Waals surface area contributed by atoms with E-state index in [1.165, 1.54) is 0 Å². The minimum absolute atomic E-state index is 0.126. The van der Waals surface area contributed by atoms with Crippen LogP contribution in [-0.2, 0) is 4.74 Å². The number of rotatable bonds is 1. The van der Waals surface area contributed by atoms with Gasteiger partial charge in [0.2, 0.25) is 0 Å². The lowest BCUT2D eigenvalue weighted by Crippen LogP contribution is -2.42. The van der Waals surface area contributed by atoms with E-state index in [9.17, 15) is 4.79 Å². The van der Waals surface area contributed by atoms with Gasteiger partial charge in [-0.2, -0.15) is 0 Å². The molecule has 0 radical (unpaired) electrons. The van der Waals surface area contributed by atoms with Crippen LogP contribution in [0.25, 0.3) is 0 Å². The molecule has 0 aromatic heterocycles. The van der Waals surface area contributed by atoms with Crippen molar-refractivity contribution < 1.29 is 9.53 Å². The standard InChI is InChI=1S/C11H20ClNO2/c1-8-5-6-13(9(8)7-12)10(14)15-11(2,3)4/h8-9H,5-7H2,1-4H3. The Kier molecular flexibility index (Phi) is 3.87. The van der Waals surface area contributed by atoms with Gasteiger partial charge in [0.25, 0.3) is 0 Å². The minimum Gasteiger partial charge on any atom is -0.444 e. The van der Waals surface area contributed by atoms with Crippen LogP contribution in [-0.4, -0.2) is 35.1 Å². The van der Waals surface area contributed by atoms with Gasteiger partial charge in [0.1, 0.15) is 5.60 Å². The van der Waals surface area contributed by atoms with Crippen molar-refractivity contribution in [1.82, 2.24) is 4.90 Å². The molecule has 2 atom stereocenters. The van der Waals surface area contributed by atoms with Crippen molar-refractivity contribution in [2.24, 2.45) is 5.92 Å². The summed E-state index contributed by atoms with van der Waals surface area (Å²) in [5, 5.41) is 0. The predicted molar refractivity (Wildman–Crippen MR) is 61.2 cm³/mol. The van der Waals surface area contributed by atoms with Gasteiger partial charge >= 0.3 is 6.09 Å². The van der Waals surface area contributed by atoms with Gasteiger partial charge in [-0.25, -0.2) is 4.79 Å². The van der Waals surface area contributed by atoms with Gasteiger partial charge in [-0.1, -0.05) is 6.92 Å². The van der Waals surface area contributed by atoms with Crippen molar-refractivity contribution in [1.29, 1.82) is 0 Å². The van der Waals surface area contributed by atoms with Gasteiger partial charge in [-0.05, 0) is 33.1 Å². The second kappa shape index (κ2) is 4.60. The molecule has 0 aliphatic carbocycles. The highest BCUT2D eigenvalue weighted by atomic mass is 35.5. The van der Waals surface area contributed by atoms with E-state index in [-0.39, 0.29) is 12.1 Å². The van der Waals surface area contributed by atoms with Crippen molar-refractivity contribution >= 4 is 17.7 Å². The largest absolute Gasteiger partial charge is 0.444 e. The van der Waals surface area contributed by atoms with Crippen LogP contribution >= 0.6 is 11.6 Å². The van der Waals surface area contributed by atoms with Gasteiger partial charge in [0, 0.05) is 12.4 Å². The average Bonchev–Trinajstić information content (AvgIpc) is 2.43. The fourth-order valence-corrected chi connectivity index (χ4v) is 2.26. The summed E-state index contributed by atoms with van der Waals surface area (Å²) in [5.74, 6) is 0.954. The van der Waals surface area contributed by atoms with Crippen LogP contribution < -0.4 is 0 Å². The van der Waals surface area contributed by atoms with E-state index in [1.807, 2.05) is 20.8 Å². The Hall–Kier alpha value is -0.440. The van der Waals surface area contributed by atoms with Crippen LogP contribution in [0.2, 0.25) is 0 Å². The molecule has 88 valence electrons. The fourth-order valence-electron chi connectivity index (χ4n) is 1.79. The molecular formula is C11H20ClNO2. The zero-order chi connectivity index (χ0) is 11.6. The Bertz CT molecular complexity index is 237. The van der Waals surface area contributed by atoms with E-state index in [0.29, 0.717) is 11.8 Å². The molecule has 1 fully saturated rings. The highest BCUT2D eigenvalue weighted by molar-refractivity contribution is 6.18.